The van der Waals surface area contributed by atoms with Crippen molar-refractivity contribution in [1.82, 2.24) is 10.2 Å². The first-order chi connectivity index (χ1) is 10.1. The van der Waals surface area contributed by atoms with Crippen molar-refractivity contribution in [3.63, 3.8) is 0 Å². The van der Waals surface area contributed by atoms with E-state index in [0.717, 1.165) is 16.5 Å². The predicted octanol–water partition coefficient (Wildman–Crippen LogP) is 3.83. The number of carbonyl (C=O) groups is 1. The first-order valence-electron chi connectivity index (χ1n) is 6.92. The van der Waals surface area contributed by atoms with Crippen LogP contribution in [0.15, 0.2) is 59.1 Å². The normalized spacial score (nSPS) is 10.2. The highest BCUT2D eigenvalue weighted by Crippen LogP contribution is 2.11. The molecular weight excluding hydrogens is 328 g/mol. The fraction of sp³-hybridized carbons (Fsp3) is 0.235. The Kier molecular flexibility index (Phi) is 5.81. The number of urea groups is 1. The summed E-state index contributed by atoms with van der Waals surface area (Å²) in [5.41, 5.74) is 2.33. The number of amides is 2. The minimum absolute atomic E-state index is 0.0474. The van der Waals surface area contributed by atoms with Crippen molar-refractivity contribution in [2.45, 2.75) is 13.0 Å². The number of rotatable bonds is 5. The number of nitrogens with zero attached hydrogens (tertiary/aromatic N) is 1. The third kappa shape index (κ3) is 5.23. The van der Waals surface area contributed by atoms with Gasteiger partial charge in [0, 0.05) is 24.6 Å². The van der Waals surface area contributed by atoms with E-state index < -0.39 is 0 Å². The Morgan fingerprint density at radius 1 is 1.10 bits per heavy atom. The van der Waals surface area contributed by atoms with Gasteiger partial charge < -0.3 is 10.2 Å². The lowest BCUT2D eigenvalue weighted by Crippen LogP contribution is -2.37. The van der Waals surface area contributed by atoms with Crippen molar-refractivity contribution in [2.24, 2.45) is 0 Å². The van der Waals surface area contributed by atoms with Crippen molar-refractivity contribution in [3.05, 3.63) is 70.2 Å². The SMILES string of the molecule is CN(Cc1ccccc1)C(=O)NCCc1cccc(Br)c1. The molecule has 0 unspecified atom stereocenters. The van der Waals surface area contributed by atoms with Gasteiger partial charge in [-0.3, -0.25) is 0 Å². The van der Waals surface area contributed by atoms with Crippen LogP contribution in [-0.2, 0) is 13.0 Å². The van der Waals surface area contributed by atoms with Gasteiger partial charge in [0.15, 0.2) is 0 Å². The molecule has 0 heterocycles. The van der Waals surface area contributed by atoms with Crippen LogP contribution in [0.2, 0.25) is 0 Å². The van der Waals surface area contributed by atoms with Crippen LogP contribution >= 0.6 is 15.9 Å². The molecule has 0 aromatic heterocycles. The molecule has 0 atom stereocenters. The monoisotopic (exact) mass is 346 g/mol. The van der Waals surface area contributed by atoms with E-state index in [1.807, 2.05) is 42.5 Å². The summed E-state index contributed by atoms with van der Waals surface area (Å²) in [5, 5.41) is 2.94. The number of halogens is 1. The maximum atomic E-state index is 12.0. The first kappa shape index (κ1) is 15.6. The zero-order valence-corrected chi connectivity index (χ0v) is 13.6. The van der Waals surface area contributed by atoms with Crippen LogP contribution in [0.3, 0.4) is 0 Å². The lowest BCUT2D eigenvalue weighted by atomic mass is 10.1. The third-order valence-corrected chi connectivity index (χ3v) is 3.68. The molecule has 0 aliphatic carbocycles. The molecule has 0 spiro atoms. The van der Waals surface area contributed by atoms with Crippen LogP contribution in [-0.4, -0.2) is 24.5 Å². The fourth-order valence-corrected chi connectivity index (χ4v) is 2.52. The van der Waals surface area contributed by atoms with E-state index in [2.05, 4.69) is 33.4 Å². The molecule has 2 amide bonds. The molecular formula is C17H19BrN2O. The minimum atomic E-state index is -0.0474. The van der Waals surface area contributed by atoms with E-state index in [0.29, 0.717) is 13.1 Å². The zero-order chi connectivity index (χ0) is 15.1. The van der Waals surface area contributed by atoms with E-state index in [1.54, 1.807) is 11.9 Å². The maximum Gasteiger partial charge on any atom is 0.317 e. The highest BCUT2D eigenvalue weighted by Gasteiger charge is 2.08. The Morgan fingerprint density at radius 2 is 1.81 bits per heavy atom. The molecule has 0 aliphatic heterocycles. The lowest BCUT2D eigenvalue weighted by Gasteiger charge is -2.18. The van der Waals surface area contributed by atoms with Crippen LogP contribution in [0.4, 0.5) is 4.79 Å². The molecule has 0 radical (unpaired) electrons. The molecule has 2 aromatic rings. The van der Waals surface area contributed by atoms with Gasteiger partial charge in [0.1, 0.15) is 0 Å². The predicted molar refractivity (Wildman–Crippen MR) is 89.2 cm³/mol. The second-order valence-electron chi connectivity index (χ2n) is 4.95. The average molecular weight is 347 g/mol. The van der Waals surface area contributed by atoms with Gasteiger partial charge in [-0.05, 0) is 29.7 Å². The zero-order valence-electron chi connectivity index (χ0n) is 12.1. The molecule has 1 N–H and O–H groups in total. The molecule has 0 bridgehead atoms. The Hall–Kier alpha value is -1.81. The lowest BCUT2D eigenvalue weighted by molar-refractivity contribution is 0.207. The smallest absolute Gasteiger partial charge is 0.317 e. The Balaban J connectivity index is 1.76. The van der Waals surface area contributed by atoms with Gasteiger partial charge in [-0.2, -0.15) is 0 Å². The van der Waals surface area contributed by atoms with Crippen LogP contribution in [0.1, 0.15) is 11.1 Å². The van der Waals surface area contributed by atoms with Gasteiger partial charge in [0.25, 0.3) is 0 Å². The summed E-state index contributed by atoms with van der Waals surface area (Å²) in [4.78, 5) is 13.7. The van der Waals surface area contributed by atoms with Crippen molar-refractivity contribution >= 4 is 22.0 Å². The fourth-order valence-electron chi connectivity index (χ4n) is 2.07. The van der Waals surface area contributed by atoms with Crippen LogP contribution in [0.5, 0.6) is 0 Å². The Labute approximate surface area is 134 Å². The van der Waals surface area contributed by atoms with E-state index in [-0.39, 0.29) is 6.03 Å². The number of nitrogens with one attached hydrogen (secondary N) is 1. The van der Waals surface area contributed by atoms with Crippen molar-refractivity contribution in [3.8, 4) is 0 Å². The molecule has 2 aromatic carbocycles. The average Bonchev–Trinajstić information content (AvgIpc) is 2.48. The summed E-state index contributed by atoms with van der Waals surface area (Å²) in [6.07, 6.45) is 0.824. The van der Waals surface area contributed by atoms with Gasteiger partial charge in [-0.25, -0.2) is 4.79 Å². The van der Waals surface area contributed by atoms with Crippen LogP contribution in [0, 0.1) is 0 Å². The molecule has 21 heavy (non-hydrogen) atoms. The largest absolute Gasteiger partial charge is 0.338 e. The number of hydrogen-bond acceptors (Lipinski definition) is 1. The van der Waals surface area contributed by atoms with Crippen LogP contribution in [0.25, 0.3) is 0 Å². The van der Waals surface area contributed by atoms with Gasteiger partial charge >= 0.3 is 6.03 Å². The van der Waals surface area contributed by atoms with Gasteiger partial charge in [0.05, 0.1) is 0 Å². The molecule has 2 rings (SSSR count). The van der Waals surface area contributed by atoms with Crippen LogP contribution < -0.4 is 5.32 Å². The van der Waals surface area contributed by atoms with Crippen molar-refractivity contribution in [2.75, 3.05) is 13.6 Å². The summed E-state index contributed by atoms with van der Waals surface area (Å²) in [5.74, 6) is 0. The van der Waals surface area contributed by atoms with Crippen molar-refractivity contribution < 1.29 is 4.79 Å². The summed E-state index contributed by atoms with van der Waals surface area (Å²) in [7, 11) is 1.81. The summed E-state index contributed by atoms with van der Waals surface area (Å²) in [6, 6.07) is 18.1. The standard InChI is InChI=1S/C17H19BrN2O/c1-20(13-15-6-3-2-4-7-15)17(21)19-11-10-14-8-5-9-16(18)12-14/h2-9,12H,10-11,13H2,1H3,(H,19,21). The van der Waals surface area contributed by atoms with Crippen molar-refractivity contribution in [1.29, 1.82) is 0 Å². The van der Waals surface area contributed by atoms with E-state index >= 15 is 0 Å². The quantitative estimate of drug-likeness (QED) is 0.876. The second kappa shape index (κ2) is 7.84. The number of benzene rings is 2. The van der Waals surface area contributed by atoms with E-state index in [1.165, 1.54) is 5.56 Å². The highest BCUT2D eigenvalue weighted by molar-refractivity contribution is 9.10. The molecule has 0 saturated heterocycles. The topological polar surface area (TPSA) is 32.3 Å². The molecule has 0 saturated carbocycles. The number of carbonyl (C=O) groups excluding carboxylic acids is 1. The first-order valence-corrected chi connectivity index (χ1v) is 7.72. The molecule has 110 valence electrons. The summed E-state index contributed by atoms with van der Waals surface area (Å²) in [6.45, 7) is 1.25. The van der Waals surface area contributed by atoms with Gasteiger partial charge in [0.2, 0.25) is 0 Å². The van der Waals surface area contributed by atoms with Gasteiger partial charge in [-0.1, -0.05) is 58.4 Å². The highest BCUT2D eigenvalue weighted by atomic mass is 79.9. The summed E-state index contributed by atoms with van der Waals surface area (Å²) >= 11 is 3.45. The Morgan fingerprint density at radius 3 is 2.52 bits per heavy atom. The van der Waals surface area contributed by atoms with Gasteiger partial charge in [-0.15, -0.1) is 0 Å². The minimum Gasteiger partial charge on any atom is -0.338 e. The maximum absolute atomic E-state index is 12.0. The third-order valence-electron chi connectivity index (χ3n) is 3.19. The van der Waals surface area contributed by atoms with E-state index in [4.69, 9.17) is 0 Å². The molecule has 0 aliphatic rings. The molecule has 0 fully saturated rings. The molecule has 3 nitrogen and oxygen atoms in total. The van der Waals surface area contributed by atoms with E-state index in [9.17, 15) is 4.79 Å². The Bertz CT molecular complexity index is 586. The number of hydrogen-bond donors (Lipinski definition) is 1. The summed E-state index contributed by atoms with van der Waals surface area (Å²) < 4.78 is 1.06. The molecule has 4 heteroatoms. The second-order valence-corrected chi connectivity index (χ2v) is 5.87.